The molecule has 2 aliphatic rings. The van der Waals surface area contributed by atoms with Gasteiger partial charge in [0.2, 0.25) is 0 Å². The second-order valence-electron chi connectivity index (χ2n) is 5.53. The molecule has 2 aromatic heterocycles. The molecule has 2 fully saturated rings. The highest BCUT2D eigenvalue weighted by atomic mass is 32.1. The maximum atomic E-state index is 11.7. The van der Waals surface area contributed by atoms with Crippen LogP contribution < -0.4 is 0 Å². The van der Waals surface area contributed by atoms with Crippen molar-refractivity contribution in [3.8, 4) is 0 Å². The van der Waals surface area contributed by atoms with Crippen molar-refractivity contribution >= 4 is 37.2 Å². The van der Waals surface area contributed by atoms with Gasteiger partial charge in [-0.05, 0) is 0 Å². The number of carbonyl (C=O) groups excluding carboxylic acids is 1. The molecule has 0 radical (unpaired) electrons. The second kappa shape index (κ2) is 5.94. The summed E-state index contributed by atoms with van der Waals surface area (Å²) in [4.78, 5) is 32.1. The van der Waals surface area contributed by atoms with E-state index >= 15 is 0 Å². The average molecular weight is 388 g/mol. The highest BCUT2D eigenvalue weighted by molar-refractivity contribution is 7.71. The van der Waals surface area contributed by atoms with Gasteiger partial charge in [-0.1, -0.05) is 12.2 Å². The van der Waals surface area contributed by atoms with Crippen molar-refractivity contribution in [1.82, 2.24) is 19.5 Å². The SMILES string of the molecule is CC(=O)O[C@@H]1[C@@H]2OP(=O)(O)OC[C@H]2O[C@H]1n1cnc2c(=S)nc[nH]c21. The van der Waals surface area contributed by atoms with Crippen molar-refractivity contribution in [2.75, 3.05) is 6.61 Å². The van der Waals surface area contributed by atoms with Gasteiger partial charge in [0.1, 0.15) is 23.4 Å². The summed E-state index contributed by atoms with van der Waals surface area (Å²) in [6.45, 7) is 1.06. The van der Waals surface area contributed by atoms with E-state index in [2.05, 4.69) is 15.0 Å². The van der Waals surface area contributed by atoms with E-state index in [1.807, 2.05) is 0 Å². The molecule has 0 aliphatic carbocycles. The lowest BCUT2D eigenvalue weighted by molar-refractivity contribution is -0.155. The molecule has 11 nitrogen and oxygen atoms in total. The average Bonchev–Trinajstić information content (AvgIpc) is 3.09. The Kier molecular flexibility index (Phi) is 3.98. The zero-order valence-electron chi connectivity index (χ0n) is 12.8. The van der Waals surface area contributed by atoms with E-state index in [-0.39, 0.29) is 6.61 Å². The number of nitrogens with one attached hydrogen (secondary N) is 1. The maximum absolute atomic E-state index is 11.7. The van der Waals surface area contributed by atoms with Gasteiger partial charge in [0.25, 0.3) is 0 Å². The lowest BCUT2D eigenvalue weighted by Gasteiger charge is -2.29. The van der Waals surface area contributed by atoms with E-state index in [1.54, 1.807) is 4.57 Å². The van der Waals surface area contributed by atoms with Crippen LogP contribution in [-0.2, 0) is 27.9 Å². The zero-order chi connectivity index (χ0) is 17.8. The summed E-state index contributed by atoms with van der Waals surface area (Å²) < 4.78 is 34.6. The number of aromatic nitrogens is 4. The highest BCUT2D eigenvalue weighted by Gasteiger charge is 2.55. The van der Waals surface area contributed by atoms with E-state index in [1.165, 1.54) is 19.6 Å². The number of aromatic amines is 1. The molecular weight excluding hydrogens is 375 g/mol. The number of H-pyrrole nitrogens is 1. The molecule has 13 heteroatoms. The van der Waals surface area contributed by atoms with Gasteiger partial charge >= 0.3 is 13.8 Å². The number of phosphoric ester groups is 1. The quantitative estimate of drug-likeness (QED) is 0.432. The minimum Gasteiger partial charge on any atom is -0.455 e. The van der Waals surface area contributed by atoms with Gasteiger partial charge < -0.3 is 19.4 Å². The fourth-order valence-electron chi connectivity index (χ4n) is 2.93. The van der Waals surface area contributed by atoms with Crippen LogP contribution in [0.15, 0.2) is 12.7 Å². The third kappa shape index (κ3) is 2.90. The summed E-state index contributed by atoms with van der Waals surface area (Å²) >= 11 is 5.13. The molecule has 0 spiro atoms. The molecule has 0 saturated carbocycles. The van der Waals surface area contributed by atoms with Crippen molar-refractivity contribution in [1.29, 1.82) is 0 Å². The summed E-state index contributed by atoms with van der Waals surface area (Å²) in [5.41, 5.74) is 0.955. The van der Waals surface area contributed by atoms with Gasteiger partial charge in [-0.25, -0.2) is 14.5 Å². The van der Waals surface area contributed by atoms with Crippen molar-refractivity contribution in [2.45, 2.75) is 31.5 Å². The zero-order valence-corrected chi connectivity index (χ0v) is 14.5. The third-order valence-electron chi connectivity index (χ3n) is 3.90. The number of hydrogen-bond acceptors (Lipinski definition) is 9. The van der Waals surface area contributed by atoms with Crippen LogP contribution in [0.25, 0.3) is 11.2 Å². The Morgan fingerprint density at radius 2 is 2.36 bits per heavy atom. The van der Waals surface area contributed by atoms with E-state index in [0.29, 0.717) is 15.8 Å². The first-order chi connectivity index (χ1) is 11.9. The number of ether oxygens (including phenoxy) is 2. The van der Waals surface area contributed by atoms with Gasteiger partial charge in [-0.2, -0.15) is 0 Å². The number of imidazole rings is 1. The molecule has 4 rings (SSSR count). The van der Waals surface area contributed by atoms with Crippen LogP contribution in [0.5, 0.6) is 0 Å². The van der Waals surface area contributed by atoms with Gasteiger partial charge in [0.05, 0.1) is 19.3 Å². The molecule has 0 aromatic carbocycles. The largest absolute Gasteiger partial charge is 0.472 e. The summed E-state index contributed by atoms with van der Waals surface area (Å²) in [6, 6.07) is 0. The lowest BCUT2D eigenvalue weighted by Crippen LogP contribution is -2.41. The van der Waals surface area contributed by atoms with E-state index in [9.17, 15) is 14.3 Å². The van der Waals surface area contributed by atoms with Crippen molar-refractivity contribution in [3.63, 3.8) is 0 Å². The van der Waals surface area contributed by atoms with E-state index < -0.39 is 38.3 Å². The normalized spacial score (nSPS) is 34.8. The fourth-order valence-corrected chi connectivity index (χ4v) is 4.09. The Bertz CT molecular complexity index is 945. The Morgan fingerprint density at radius 1 is 1.56 bits per heavy atom. The van der Waals surface area contributed by atoms with E-state index in [4.69, 9.17) is 30.7 Å². The summed E-state index contributed by atoms with van der Waals surface area (Å²) in [7, 11) is -4.23. The predicted molar refractivity (Wildman–Crippen MR) is 82.8 cm³/mol. The Labute approximate surface area is 145 Å². The molecule has 2 aliphatic heterocycles. The molecule has 134 valence electrons. The summed E-state index contributed by atoms with van der Waals surface area (Å²) in [6.07, 6.45) is -0.603. The number of nitrogens with zero attached hydrogens (tertiary/aromatic N) is 3. The maximum Gasteiger partial charge on any atom is 0.472 e. The third-order valence-corrected chi connectivity index (χ3v) is 5.18. The van der Waals surface area contributed by atoms with Gasteiger partial charge in [0.15, 0.2) is 17.0 Å². The number of carbonyl (C=O) groups is 1. The van der Waals surface area contributed by atoms with Crippen LogP contribution in [0.4, 0.5) is 0 Å². The number of rotatable bonds is 2. The Hall–Kier alpha value is -1.69. The van der Waals surface area contributed by atoms with Crippen molar-refractivity contribution < 1.29 is 32.8 Å². The summed E-state index contributed by atoms with van der Waals surface area (Å²) in [5.74, 6) is -0.582. The van der Waals surface area contributed by atoms with Crippen LogP contribution in [0, 0.1) is 4.64 Å². The van der Waals surface area contributed by atoms with Gasteiger partial charge in [0, 0.05) is 6.92 Å². The first-order valence-corrected chi connectivity index (χ1v) is 9.15. The molecule has 0 bridgehead atoms. The number of hydrogen-bond donors (Lipinski definition) is 2. The fraction of sp³-hybridized carbons (Fsp3) is 0.500. The highest BCUT2D eigenvalue weighted by Crippen LogP contribution is 2.53. The number of esters is 1. The minimum absolute atomic E-state index is 0.170. The molecule has 5 atom stereocenters. The molecule has 0 amide bonds. The van der Waals surface area contributed by atoms with E-state index in [0.717, 1.165) is 0 Å². The standard InChI is InChI=1S/C12H13N4O7PS/c1-5(17)21-9-8-6(2-20-24(18,19)23-8)22-12(9)16-4-15-7-10(16)13-3-14-11(7)25/h3-4,6,8-9,12H,2H2,1H3,(H,18,19)(H,13,14,25)/t6-,8-,9-,12-/m1/s1. The molecule has 25 heavy (non-hydrogen) atoms. The Balaban J connectivity index is 1.77. The molecule has 2 N–H and O–H groups in total. The molecule has 2 aromatic rings. The van der Waals surface area contributed by atoms with Gasteiger partial charge in [-0.3, -0.25) is 18.4 Å². The van der Waals surface area contributed by atoms with Crippen LogP contribution in [0.3, 0.4) is 0 Å². The van der Waals surface area contributed by atoms with Crippen molar-refractivity contribution in [3.05, 3.63) is 17.3 Å². The van der Waals surface area contributed by atoms with Crippen LogP contribution in [0.1, 0.15) is 13.2 Å². The second-order valence-corrected chi connectivity index (χ2v) is 7.32. The van der Waals surface area contributed by atoms with Crippen LogP contribution in [0.2, 0.25) is 0 Å². The monoisotopic (exact) mass is 388 g/mol. The molecule has 4 heterocycles. The summed E-state index contributed by atoms with van der Waals surface area (Å²) in [5, 5.41) is 0. The molecule has 2 saturated heterocycles. The lowest BCUT2D eigenvalue weighted by atomic mass is 10.1. The first kappa shape index (κ1) is 16.8. The van der Waals surface area contributed by atoms with Crippen LogP contribution in [-0.4, -0.2) is 55.3 Å². The van der Waals surface area contributed by atoms with Crippen LogP contribution >= 0.6 is 20.0 Å². The number of fused-ring (bicyclic) bond motifs is 2. The smallest absolute Gasteiger partial charge is 0.455 e. The molecule has 1 unspecified atom stereocenters. The number of phosphoric acid groups is 1. The Morgan fingerprint density at radius 3 is 3.12 bits per heavy atom. The van der Waals surface area contributed by atoms with Crippen molar-refractivity contribution in [2.24, 2.45) is 0 Å². The minimum atomic E-state index is -4.23. The topological polar surface area (TPSA) is 138 Å². The first-order valence-electron chi connectivity index (χ1n) is 7.24. The predicted octanol–water partition coefficient (Wildman–Crippen LogP) is 0.834. The molecular formula is C12H13N4O7PS. The van der Waals surface area contributed by atoms with Gasteiger partial charge in [-0.15, -0.1) is 0 Å².